The average molecular weight is 245 g/mol. The van der Waals surface area contributed by atoms with Gasteiger partial charge in [0.25, 0.3) is 0 Å². The quantitative estimate of drug-likeness (QED) is 0.779. The van der Waals surface area contributed by atoms with Crippen molar-refractivity contribution in [2.75, 3.05) is 12.8 Å². The first kappa shape index (κ1) is 14.2. The van der Waals surface area contributed by atoms with Crippen molar-refractivity contribution < 1.29 is 4.21 Å². The number of nitrogens with one attached hydrogen (secondary N) is 1. The fraction of sp³-hybridized carbons (Fsp3) is 1.00. The first-order valence-corrected chi connectivity index (χ1v) is 8.29. The van der Waals surface area contributed by atoms with Crippen LogP contribution >= 0.6 is 0 Å². The van der Waals surface area contributed by atoms with Gasteiger partial charge in [0.05, 0.1) is 0 Å². The van der Waals surface area contributed by atoms with E-state index in [9.17, 15) is 4.21 Å². The van der Waals surface area contributed by atoms with Gasteiger partial charge < -0.3 is 5.32 Å². The first-order valence-electron chi connectivity index (χ1n) is 6.67. The second-order valence-electron chi connectivity index (χ2n) is 5.24. The van der Waals surface area contributed by atoms with Crippen LogP contribution in [0.4, 0.5) is 0 Å². The fourth-order valence-corrected chi connectivity index (χ4v) is 2.93. The Kier molecular flexibility index (Phi) is 6.59. The molecule has 16 heavy (non-hydrogen) atoms. The Balaban J connectivity index is 2.14. The molecule has 3 heteroatoms. The van der Waals surface area contributed by atoms with Crippen LogP contribution in [-0.4, -0.2) is 28.3 Å². The first-order chi connectivity index (χ1) is 7.61. The van der Waals surface area contributed by atoms with E-state index in [1.807, 2.05) is 0 Å². The van der Waals surface area contributed by atoms with Crippen molar-refractivity contribution in [3.8, 4) is 0 Å². The molecule has 2 nitrogen and oxygen atoms in total. The highest BCUT2D eigenvalue weighted by Gasteiger charge is 2.19. The molecule has 0 aromatic carbocycles. The number of hydrogen-bond donors (Lipinski definition) is 1. The van der Waals surface area contributed by atoms with Crippen LogP contribution in [0, 0.1) is 5.92 Å². The van der Waals surface area contributed by atoms with Gasteiger partial charge in [-0.05, 0) is 38.6 Å². The van der Waals surface area contributed by atoms with Gasteiger partial charge in [-0.25, -0.2) is 0 Å². The molecule has 0 aromatic heterocycles. The summed E-state index contributed by atoms with van der Waals surface area (Å²) in [6.07, 6.45) is 9.86. The van der Waals surface area contributed by atoms with Crippen LogP contribution < -0.4 is 5.32 Å². The summed E-state index contributed by atoms with van der Waals surface area (Å²) < 4.78 is 11.2. The summed E-state index contributed by atoms with van der Waals surface area (Å²) in [4.78, 5) is 0. The highest BCUT2D eigenvalue weighted by molar-refractivity contribution is 7.84. The molecule has 3 atom stereocenters. The van der Waals surface area contributed by atoms with Crippen LogP contribution in [0.25, 0.3) is 0 Å². The lowest BCUT2D eigenvalue weighted by molar-refractivity contribution is 0.281. The molecule has 1 saturated carbocycles. The zero-order valence-electron chi connectivity index (χ0n) is 11.0. The van der Waals surface area contributed by atoms with Crippen molar-refractivity contribution in [3.63, 3.8) is 0 Å². The predicted octanol–water partition coefficient (Wildman–Crippen LogP) is 2.70. The maximum absolute atomic E-state index is 11.2. The van der Waals surface area contributed by atoms with Crippen molar-refractivity contribution in [1.29, 1.82) is 0 Å². The molecule has 0 radical (unpaired) electrons. The molecule has 1 aliphatic rings. The van der Waals surface area contributed by atoms with E-state index in [1.165, 1.54) is 32.1 Å². The summed E-state index contributed by atoms with van der Waals surface area (Å²) in [5.41, 5.74) is 0. The molecule has 0 bridgehead atoms. The molecule has 0 amide bonds. The third-order valence-electron chi connectivity index (χ3n) is 3.94. The maximum atomic E-state index is 11.2. The second kappa shape index (κ2) is 7.44. The normalized spacial score (nSPS) is 23.9. The van der Waals surface area contributed by atoms with Crippen molar-refractivity contribution in [1.82, 2.24) is 5.32 Å². The smallest absolute Gasteiger partial charge is 0.0329 e. The van der Waals surface area contributed by atoms with E-state index in [1.54, 1.807) is 6.26 Å². The van der Waals surface area contributed by atoms with Crippen LogP contribution in [0.15, 0.2) is 0 Å². The summed E-state index contributed by atoms with van der Waals surface area (Å²) in [7, 11) is -0.670. The highest BCUT2D eigenvalue weighted by atomic mass is 32.2. The Morgan fingerprint density at radius 2 is 1.88 bits per heavy atom. The topological polar surface area (TPSA) is 29.1 Å². The molecule has 96 valence electrons. The molecule has 1 rings (SSSR count). The van der Waals surface area contributed by atoms with Crippen molar-refractivity contribution >= 4 is 10.8 Å². The van der Waals surface area contributed by atoms with E-state index < -0.39 is 10.8 Å². The van der Waals surface area contributed by atoms with Gasteiger partial charge in [0.15, 0.2) is 0 Å². The molecule has 0 spiro atoms. The monoisotopic (exact) mass is 245 g/mol. The largest absolute Gasteiger partial charge is 0.314 e. The molecule has 0 aromatic rings. The van der Waals surface area contributed by atoms with Gasteiger partial charge in [-0.2, -0.15) is 0 Å². The average Bonchev–Trinajstić information content (AvgIpc) is 2.29. The van der Waals surface area contributed by atoms with Crippen LogP contribution in [0.5, 0.6) is 0 Å². The standard InChI is InChI=1S/C13H27NOS/c1-11(16(3)15)9-10-14-12(2)13-7-5-4-6-8-13/h11-14H,4-10H2,1-3H3. The van der Waals surface area contributed by atoms with E-state index in [-0.39, 0.29) is 0 Å². The van der Waals surface area contributed by atoms with Gasteiger partial charge >= 0.3 is 0 Å². The van der Waals surface area contributed by atoms with Gasteiger partial charge in [-0.3, -0.25) is 4.21 Å². The second-order valence-corrected chi connectivity index (χ2v) is 7.04. The molecule has 1 fully saturated rings. The highest BCUT2D eigenvalue weighted by Crippen LogP contribution is 2.26. The molecular weight excluding hydrogens is 218 g/mol. The summed E-state index contributed by atoms with van der Waals surface area (Å²) in [5, 5.41) is 3.93. The lowest BCUT2D eigenvalue weighted by Gasteiger charge is -2.28. The van der Waals surface area contributed by atoms with Crippen LogP contribution in [0.1, 0.15) is 52.4 Å². The van der Waals surface area contributed by atoms with Crippen LogP contribution in [-0.2, 0) is 10.8 Å². The van der Waals surface area contributed by atoms with E-state index >= 15 is 0 Å². The number of rotatable bonds is 6. The van der Waals surface area contributed by atoms with Gasteiger partial charge in [-0.15, -0.1) is 0 Å². The number of hydrogen-bond acceptors (Lipinski definition) is 2. The zero-order valence-corrected chi connectivity index (χ0v) is 11.8. The van der Waals surface area contributed by atoms with E-state index in [0.29, 0.717) is 11.3 Å². The van der Waals surface area contributed by atoms with Crippen molar-refractivity contribution in [2.45, 2.75) is 63.7 Å². The van der Waals surface area contributed by atoms with E-state index in [4.69, 9.17) is 0 Å². The third kappa shape index (κ3) is 4.96. The Bertz CT molecular complexity index is 214. The summed E-state index contributed by atoms with van der Waals surface area (Å²) >= 11 is 0. The Morgan fingerprint density at radius 1 is 1.25 bits per heavy atom. The summed E-state index contributed by atoms with van der Waals surface area (Å²) in [6, 6.07) is 0.637. The molecule has 0 saturated heterocycles. The molecule has 1 N–H and O–H groups in total. The van der Waals surface area contributed by atoms with Crippen LogP contribution in [0.3, 0.4) is 0 Å². The SMILES string of the molecule is CC(NCCC(C)S(C)=O)C1CCCCC1. The van der Waals surface area contributed by atoms with Gasteiger partial charge in [0.2, 0.25) is 0 Å². The van der Waals surface area contributed by atoms with Gasteiger partial charge in [0.1, 0.15) is 0 Å². The zero-order chi connectivity index (χ0) is 12.0. The lowest BCUT2D eigenvalue weighted by atomic mass is 9.84. The fourth-order valence-electron chi connectivity index (χ4n) is 2.48. The van der Waals surface area contributed by atoms with Gasteiger partial charge in [0, 0.05) is 28.3 Å². The predicted molar refractivity (Wildman–Crippen MR) is 72.2 cm³/mol. The molecule has 0 aliphatic heterocycles. The van der Waals surface area contributed by atoms with Crippen molar-refractivity contribution in [2.24, 2.45) is 5.92 Å². The van der Waals surface area contributed by atoms with E-state index in [0.717, 1.165) is 18.9 Å². The summed E-state index contributed by atoms with van der Waals surface area (Å²) in [6.45, 7) is 5.39. The minimum atomic E-state index is -0.670. The molecule has 0 heterocycles. The summed E-state index contributed by atoms with van der Waals surface area (Å²) in [5.74, 6) is 0.871. The minimum absolute atomic E-state index is 0.325. The minimum Gasteiger partial charge on any atom is -0.314 e. The Hall–Kier alpha value is 0.110. The Labute approximate surface area is 103 Å². The maximum Gasteiger partial charge on any atom is 0.0329 e. The van der Waals surface area contributed by atoms with Gasteiger partial charge in [-0.1, -0.05) is 26.2 Å². The van der Waals surface area contributed by atoms with E-state index in [2.05, 4.69) is 19.2 Å². The third-order valence-corrected chi connectivity index (χ3v) is 5.31. The van der Waals surface area contributed by atoms with Crippen molar-refractivity contribution in [3.05, 3.63) is 0 Å². The molecule has 3 unspecified atom stereocenters. The van der Waals surface area contributed by atoms with Crippen LogP contribution in [0.2, 0.25) is 0 Å². The molecular formula is C13H27NOS. The molecule has 1 aliphatic carbocycles. The lowest BCUT2D eigenvalue weighted by Crippen LogP contribution is -2.36. The Morgan fingerprint density at radius 3 is 2.44 bits per heavy atom.